The molecule has 1 aromatic heterocycles. The third kappa shape index (κ3) is 4.49. The second-order valence-electron chi connectivity index (χ2n) is 8.34. The summed E-state index contributed by atoms with van der Waals surface area (Å²) in [7, 11) is 3.81. The van der Waals surface area contributed by atoms with Gasteiger partial charge in [-0.3, -0.25) is 14.7 Å². The van der Waals surface area contributed by atoms with E-state index in [-0.39, 0.29) is 17.4 Å². The molecule has 31 heavy (non-hydrogen) atoms. The molecule has 1 aliphatic heterocycles. The first kappa shape index (κ1) is 22.6. The van der Waals surface area contributed by atoms with Crippen molar-refractivity contribution in [3.63, 3.8) is 0 Å². The number of nitrogens with one attached hydrogen (secondary N) is 1. The lowest BCUT2D eigenvalue weighted by Gasteiger charge is -2.26. The Morgan fingerprint density at radius 1 is 1.23 bits per heavy atom. The Bertz CT molecular complexity index is 986. The van der Waals surface area contributed by atoms with Gasteiger partial charge in [0.05, 0.1) is 29.0 Å². The molecule has 0 bridgehead atoms. The molecule has 2 N–H and O–H groups in total. The summed E-state index contributed by atoms with van der Waals surface area (Å²) in [5.74, 6) is -0.814. The van der Waals surface area contributed by atoms with Gasteiger partial charge in [0.15, 0.2) is 0 Å². The number of carbonyl (C=O) groups excluding carboxylic acids is 2. The van der Waals surface area contributed by atoms with E-state index in [0.29, 0.717) is 35.8 Å². The molecule has 3 rings (SSSR count). The molecule has 1 atom stereocenters. The van der Waals surface area contributed by atoms with Gasteiger partial charge in [-0.2, -0.15) is 5.10 Å². The van der Waals surface area contributed by atoms with Gasteiger partial charge in [0.2, 0.25) is 0 Å². The van der Waals surface area contributed by atoms with Gasteiger partial charge in [-0.15, -0.1) is 0 Å². The molecule has 8 nitrogen and oxygen atoms in total. The normalized spacial score (nSPS) is 18.5. The van der Waals surface area contributed by atoms with Crippen LogP contribution >= 0.6 is 0 Å². The number of Topliss-reactive ketones (excluding diaryl/α,β-unsaturated/α-hetero) is 1. The fourth-order valence-corrected chi connectivity index (χ4v) is 3.80. The fourth-order valence-electron chi connectivity index (χ4n) is 3.80. The Morgan fingerprint density at radius 2 is 1.87 bits per heavy atom. The number of ether oxygens (including phenoxy) is 1. The highest BCUT2D eigenvalue weighted by atomic mass is 16.5. The van der Waals surface area contributed by atoms with E-state index in [1.165, 1.54) is 4.90 Å². The monoisotopic (exact) mass is 426 g/mol. The maximum atomic E-state index is 13.0. The summed E-state index contributed by atoms with van der Waals surface area (Å²) < 4.78 is 5.72. The number of carbonyl (C=O) groups is 2. The predicted octanol–water partition coefficient (Wildman–Crippen LogP) is 2.80. The predicted molar refractivity (Wildman–Crippen MR) is 118 cm³/mol. The van der Waals surface area contributed by atoms with Crippen molar-refractivity contribution < 1.29 is 19.4 Å². The Kier molecular flexibility index (Phi) is 6.50. The Balaban J connectivity index is 2.12. The van der Waals surface area contributed by atoms with Crippen molar-refractivity contribution in [2.45, 2.75) is 39.8 Å². The van der Waals surface area contributed by atoms with Crippen LogP contribution in [0, 0.1) is 13.8 Å². The van der Waals surface area contributed by atoms with Gasteiger partial charge in [0.1, 0.15) is 11.5 Å². The van der Waals surface area contributed by atoms with Gasteiger partial charge in [-0.25, -0.2) is 0 Å². The van der Waals surface area contributed by atoms with E-state index >= 15 is 0 Å². The minimum atomic E-state index is -0.693. The van der Waals surface area contributed by atoms with Crippen molar-refractivity contribution in [2.75, 3.05) is 27.2 Å². The Morgan fingerprint density at radius 3 is 2.39 bits per heavy atom. The maximum Gasteiger partial charge on any atom is 0.295 e. The minimum Gasteiger partial charge on any atom is -0.507 e. The molecule has 1 amide bonds. The number of aliphatic hydroxyl groups excluding tert-OH is 1. The molecule has 0 spiro atoms. The summed E-state index contributed by atoms with van der Waals surface area (Å²) in [6.45, 7) is 8.34. The summed E-state index contributed by atoms with van der Waals surface area (Å²) in [5, 5.41) is 18.1. The average molecular weight is 427 g/mol. The van der Waals surface area contributed by atoms with Crippen molar-refractivity contribution in [1.29, 1.82) is 0 Å². The second kappa shape index (κ2) is 8.93. The first-order valence-electron chi connectivity index (χ1n) is 10.3. The van der Waals surface area contributed by atoms with E-state index in [0.717, 1.165) is 5.56 Å². The van der Waals surface area contributed by atoms with Crippen LogP contribution in [0.25, 0.3) is 5.76 Å². The molecule has 1 saturated heterocycles. The van der Waals surface area contributed by atoms with Crippen LogP contribution in [-0.2, 0) is 9.59 Å². The van der Waals surface area contributed by atoms with E-state index < -0.39 is 17.7 Å². The quantitative estimate of drug-likeness (QED) is 0.401. The lowest BCUT2D eigenvalue weighted by Crippen LogP contribution is -2.35. The third-order valence-corrected chi connectivity index (χ3v) is 5.26. The summed E-state index contributed by atoms with van der Waals surface area (Å²) in [6.07, 6.45) is 0.0311. The van der Waals surface area contributed by atoms with Gasteiger partial charge >= 0.3 is 0 Å². The number of rotatable bonds is 7. The van der Waals surface area contributed by atoms with E-state index in [1.807, 2.05) is 57.1 Å². The second-order valence-corrected chi connectivity index (χ2v) is 8.34. The topological polar surface area (TPSA) is 98.8 Å². The molecule has 0 saturated carbocycles. The van der Waals surface area contributed by atoms with Crippen LogP contribution in [0.3, 0.4) is 0 Å². The number of aromatic nitrogens is 2. The molecular weight excluding hydrogens is 396 g/mol. The maximum absolute atomic E-state index is 13.0. The smallest absolute Gasteiger partial charge is 0.295 e. The highest BCUT2D eigenvalue weighted by Gasteiger charge is 2.46. The Labute approximate surface area is 182 Å². The van der Waals surface area contributed by atoms with Gasteiger partial charge in [0.25, 0.3) is 11.7 Å². The number of amides is 1. The molecule has 8 heteroatoms. The Hall–Kier alpha value is -3.13. The first-order valence-corrected chi connectivity index (χ1v) is 10.3. The van der Waals surface area contributed by atoms with Crippen molar-refractivity contribution in [3.05, 3.63) is 52.4 Å². The largest absolute Gasteiger partial charge is 0.507 e. The number of benzene rings is 1. The number of likely N-dealkylation sites (tertiary alicyclic amines) is 1. The van der Waals surface area contributed by atoms with E-state index in [2.05, 4.69) is 10.2 Å². The number of likely N-dealkylation sites (N-methyl/N-ethyl adjacent to an activating group) is 1. The number of aryl methyl sites for hydroxylation is 2. The molecule has 2 heterocycles. The van der Waals surface area contributed by atoms with Crippen LogP contribution in [0.4, 0.5) is 0 Å². The van der Waals surface area contributed by atoms with Crippen molar-refractivity contribution in [2.24, 2.45) is 0 Å². The van der Waals surface area contributed by atoms with Crippen molar-refractivity contribution in [1.82, 2.24) is 20.0 Å². The minimum absolute atomic E-state index is 0.0311. The van der Waals surface area contributed by atoms with Crippen LogP contribution in [0.1, 0.15) is 42.4 Å². The molecule has 1 aromatic carbocycles. The summed E-state index contributed by atoms with van der Waals surface area (Å²) in [5.41, 5.74) is 2.46. The first-order chi connectivity index (χ1) is 14.6. The highest BCUT2D eigenvalue weighted by Crippen LogP contribution is 2.40. The highest BCUT2D eigenvalue weighted by molar-refractivity contribution is 6.46. The summed E-state index contributed by atoms with van der Waals surface area (Å²) in [4.78, 5) is 29.4. The molecule has 0 radical (unpaired) electrons. The number of H-pyrrole nitrogens is 1. The zero-order chi connectivity index (χ0) is 22.9. The van der Waals surface area contributed by atoms with Crippen LogP contribution in [0.2, 0.25) is 0 Å². The number of hydrogen-bond acceptors (Lipinski definition) is 6. The lowest BCUT2D eigenvalue weighted by molar-refractivity contribution is -0.140. The number of aliphatic hydroxyl groups is 1. The zero-order valence-electron chi connectivity index (χ0n) is 18.9. The van der Waals surface area contributed by atoms with Gasteiger partial charge in [-0.1, -0.05) is 12.1 Å². The molecule has 1 unspecified atom stereocenters. The van der Waals surface area contributed by atoms with Crippen molar-refractivity contribution in [3.8, 4) is 5.75 Å². The number of nitrogens with zero attached hydrogens (tertiary/aromatic N) is 3. The van der Waals surface area contributed by atoms with Crippen molar-refractivity contribution >= 4 is 17.4 Å². The fraction of sp³-hybridized carbons (Fsp3) is 0.435. The molecule has 166 valence electrons. The van der Waals surface area contributed by atoms with Crippen LogP contribution < -0.4 is 4.74 Å². The van der Waals surface area contributed by atoms with Gasteiger partial charge in [0, 0.05) is 18.8 Å². The number of hydrogen-bond donors (Lipinski definition) is 2. The molecule has 1 fully saturated rings. The molecular formula is C23H30N4O4. The van der Waals surface area contributed by atoms with Crippen LogP contribution in [0.15, 0.2) is 29.8 Å². The van der Waals surface area contributed by atoms with Gasteiger partial charge in [-0.05, 0) is 59.5 Å². The summed E-state index contributed by atoms with van der Waals surface area (Å²) in [6, 6.07) is 6.60. The summed E-state index contributed by atoms with van der Waals surface area (Å²) >= 11 is 0. The SMILES string of the molecule is Cc1n[nH]c(C)c1/C(O)=C1\C(=O)C(=O)N(CCN(C)C)C1c1ccc(OC(C)C)cc1. The standard InChI is InChI=1S/C23H30N4O4/c1-13(2)31-17-9-7-16(8-10-17)20-19(21(28)18-14(3)24-25-15(18)4)22(29)23(30)27(20)12-11-26(5)6/h7-10,13,20,28H,11-12H2,1-6H3,(H,24,25)/b21-19+. The van der Waals surface area contributed by atoms with Crippen LogP contribution in [-0.4, -0.2) is 70.1 Å². The lowest BCUT2D eigenvalue weighted by atomic mass is 9.94. The van der Waals surface area contributed by atoms with E-state index in [4.69, 9.17) is 4.74 Å². The van der Waals surface area contributed by atoms with E-state index in [1.54, 1.807) is 13.8 Å². The average Bonchev–Trinajstić information content (AvgIpc) is 3.16. The third-order valence-electron chi connectivity index (χ3n) is 5.26. The van der Waals surface area contributed by atoms with Crippen LogP contribution in [0.5, 0.6) is 5.75 Å². The molecule has 2 aromatic rings. The van der Waals surface area contributed by atoms with Gasteiger partial charge < -0.3 is 19.6 Å². The number of aromatic amines is 1. The molecule has 0 aliphatic carbocycles. The number of ketones is 1. The molecule has 1 aliphatic rings. The zero-order valence-corrected chi connectivity index (χ0v) is 18.9. The van der Waals surface area contributed by atoms with E-state index in [9.17, 15) is 14.7 Å².